The molecule has 0 aliphatic heterocycles. The maximum atomic E-state index is 12.6. The molecule has 2 aromatic heterocycles. The molecule has 0 aliphatic carbocycles. The normalized spacial score (nSPS) is 12.0. The van der Waals surface area contributed by atoms with Gasteiger partial charge in [-0.05, 0) is 71.8 Å². The topological polar surface area (TPSA) is 407 Å². The van der Waals surface area contributed by atoms with Crippen molar-refractivity contribution in [2.24, 2.45) is 0 Å². The molecule has 26 nitrogen and oxygen atoms in total. The summed E-state index contributed by atoms with van der Waals surface area (Å²) >= 11 is 0. The summed E-state index contributed by atoms with van der Waals surface area (Å²) in [5.74, 6) is -0.911. The molecule has 12 N–H and O–H groups in total. The van der Waals surface area contributed by atoms with Crippen LogP contribution in [0.3, 0.4) is 0 Å². The minimum atomic E-state index is -4.98. The molecule has 0 amide bonds. The van der Waals surface area contributed by atoms with Crippen LogP contribution in [0.4, 0.5) is 58.4 Å². The Kier molecular flexibility index (Phi) is 16.9. The van der Waals surface area contributed by atoms with E-state index in [9.17, 15) is 62.1 Å². The second-order valence-electron chi connectivity index (χ2n) is 13.2. The summed E-state index contributed by atoms with van der Waals surface area (Å²) in [6.45, 7) is -0.641. The van der Waals surface area contributed by atoms with Gasteiger partial charge in [-0.2, -0.15) is 63.6 Å². The third-order valence-electron chi connectivity index (χ3n) is 8.37. The van der Waals surface area contributed by atoms with Crippen LogP contribution >= 0.6 is 0 Å². The summed E-state index contributed by atoms with van der Waals surface area (Å²) in [6, 6.07) is 17.3. The molecular weight excluding hydrogens is 976 g/mol. The molecule has 4 aromatic carbocycles. The average Bonchev–Trinajstić information content (AvgIpc) is 3.23. The quantitative estimate of drug-likeness (QED) is 0.0297. The van der Waals surface area contributed by atoms with Gasteiger partial charge in [-0.25, -0.2) is 0 Å². The van der Waals surface area contributed by atoms with Crippen molar-refractivity contribution >= 4 is 141 Å². The summed E-state index contributed by atoms with van der Waals surface area (Å²) in [4.78, 5) is 22.9. The van der Waals surface area contributed by atoms with E-state index in [0.29, 0.717) is 0 Å². The van der Waals surface area contributed by atoms with Crippen LogP contribution in [0.15, 0.2) is 105 Å². The van der Waals surface area contributed by atoms with Crippen molar-refractivity contribution in [2.45, 2.75) is 19.6 Å². The number of aliphatic hydroxyl groups is 2. The molecule has 31 heteroatoms. The minimum absolute atomic E-state index is 0. The Morgan fingerprint density at radius 1 is 0.418 bits per heavy atom. The number of aliphatic hydroxyl groups excluding tert-OH is 2. The van der Waals surface area contributed by atoms with Gasteiger partial charge in [-0.15, -0.1) is 0 Å². The second kappa shape index (κ2) is 21.7. The van der Waals surface area contributed by atoms with Crippen LogP contribution < -0.4 is 31.9 Å². The molecule has 0 saturated heterocycles. The molecule has 350 valence electrons. The molecule has 2 heterocycles. The van der Waals surface area contributed by atoms with Crippen molar-refractivity contribution in [3.05, 3.63) is 96.1 Å². The standard InChI is InChI=1S/C36H36N12O14S4.Na.H/c49-15-13-37-31-43-33(39-23-3-1-5-27(17-23)63(51,52)53)47-35(45-31)41-25-11-9-21(29(19-25)65(57,58)59)7-8-22-10-12-26(20-30(22)66(60,61)62)42-36-46-32(38-14-16-50)44-34(48-36)40-24-4-2-6-28(18-24)64(54,55)56;;/h1-12,17-20,49-50H,13-16H2,(H,51,52,53)(H,54,55,56)(H,57,58,59)(H,60,61,62)(H3,37,39,41,43,45,47)(H3,38,40,42,44,46,48);;/b8-7+;;. The summed E-state index contributed by atoms with van der Waals surface area (Å²) in [6.07, 6.45) is 2.29. The number of hydrogen-bond acceptors (Lipinski definition) is 22. The van der Waals surface area contributed by atoms with E-state index >= 15 is 0 Å². The molecule has 6 aromatic rings. The van der Waals surface area contributed by atoms with Crippen LogP contribution in [-0.4, -0.2) is 148 Å². The average molecular weight is 1010 g/mol. The molecule has 0 fully saturated rings. The molecule has 0 spiro atoms. The summed E-state index contributed by atoms with van der Waals surface area (Å²) in [7, 11) is -19.1. The van der Waals surface area contributed by atoms with E-state index in [2.05, 4.69) is 61.8 Å². The van der Waals surface area contributed by atoms with Crippen molar-refractivity contribution in [1.82, 2.24) is 29.9 Å². The van der Waals surface area contributed by atoms with Gasteiger partial charge in [0.2, 0.25) is 35.7 Å². The summed E-state index contributed by atoms with van der Waals surface area (Å²) < 4.78 is 136. The Balaban J connectivity index is 0.00000840. The zero-order valence-corrected chi connectivity index (χ0v) is 36.6. The molecule has 67 heavy (non-hydrogen) atoms. The molecule has 6 rings (SSSR count). The van der Waals surface area contributed by atoms with Crippen molar-refractivity contribution in [2.75, 3.05) is 58.2 Å². The van der Waals surface area contributed by atoms with Crippen molar-refractivity contribution in [1.29, 1.82) is 0 Å². The van der Waals surface area contributed by atoms with Gasteiger partial charge in [-0.1, -0.05) is 36.4 Å². The van der Waals surface area contributed by atoms with Crippen molar-refractivity contribution < 1.29 is 62.1 Å². The van der Waals surface area contributed by atoms with Crippen LogP contribution in [0.2, 0.25) is 0 Å². The second-order valence-corrected chi connectivity index (χ2v) is 18.8. The Labute approximate surface area is 403 Å². The number of nitrogens with one attached hydrogen (secondary N) is 6. The Morgan fingerprint density at radius 2 is 0.731 bits per heavy atom. The van der Waals surface area contributed by atoms with Crippen LogP contribution in [0.1, 0.15) is 11.1 Å². The van der Waals surface area contributed by atoms with Crippen molar-refractivity contribution in [3.8, 4) is 0 Å². The zero-order chi connectivity index (χ0) is 47.9. The van der Waals surface area contributed by atoms with E-state index in [0.717, 1.165) is 48.6 Å². The van der Waals surface area contributed by atoms with E-state index < -0.39 is 60.1 Å². The first-order valence-electron chi connectivity index (χ1n) is 18.4. The first-order chi connectivity index (χ1) is 31.1. The SMILES string of the molecule is O=S(=O)(O)c1cccc(Nc2nc(NCCO)nc(Nc3ccc(/C=C/c4ccc(Nc5nc(NCCO)nc(Nc6cccc(S(=O)(=O)O)c6)n5)cc4S(=O)(=O)O)c(S(=O)(=O)O)c3)n2)c1.[NaH]. The fourth-order valence-corrected chi connectivity index (χ4v) is 8.05. The molecule has 0 radical (unpaired) electrons. The van der Waals surface area contributed by atoms with E-state index in [4.69, 9.17) is 0 Å². The van der Waals surface area contributed by atoms with Gasteiger partial charge in [0.1, 0.15) is 9.79 Å². The van der Waals surface area contributed by atoms with Gasteiger partial charge in [0.15, 0.2) is 0 Å². The molecule has 0 bridgehead atoms. The number of hydrogen-bond donors (Lipinski definition) is 12. The fraction of sp³-hybridized carbons (Fsp3) is 0.111. The number of anilines is 10. The van der Waals surface area contributed by atoms with Crippen LogP contribution in [0.25, 0.3) is 12.2 Å². The first kappa shape index (κ1) is 52.0. The molecule has 0 unspecified atom stereocenters. The Hall–Kier alpha value is -6.00. The van der Waals surface area contributed by atoms with Gasteiger partial charge >= 0.3 is 29.6 Å². The molecule has 0 saturated carbocycles. The first-order valence-corrected chi connectivity index (χ1v) is 24.2. The third-order valence-corrected chi connectivity index (χ3v) is 11.9. The molecular formula is C36H37N12NaO14S4. The molecule has 0 aliphatic rings. The summed E-state index contributed by atoms with van der Waals surface area (Å²) in [5, 5.41) is 35.1. The number of aromatic nitrogens is 6. The van der Waals surface area contributed by atoms with E-state index in [1.165, 1.54) is 48.5 Å². The Bertz CT molecular complexity index is 3070. The summed E-state index contributed by atoms with van der Waals surface area (Å²) in [5.41, 5.74) is -0.00857. The predicted molar refractivity (Wildman–Crippen MR) is 245 cm³/mol. The van der Waals surface area contributed by atoms with E-state index in [1.807, 2.05) is 0 Å². The van der Waals surface area contributed by atoms with E-state index in [1.54, 1.807) is 0 Å². The van der Waals surface area contributed by atoms with Crippen molar-refractivity contribution in [3.63, 3.8) is 0 Å². The van der Waals surface area contributed by atoms with Gasteiger partial charge in [0.05, 0.1) is 23.0 Å². The maximum absolute atomic E-state index is 12.6. The number of nitrogens with zero attached hydrogens (tertiary/aromatic N) is 6. The van der Waals surface area contributed by atoms with E-state index in [-0.39, 0.29) is 125 Å². The number of benzene rings is 4. The Morgan fingerprint density at radius 3 is 1.03 bits per heavy atom. The zero-order valence-electron chi connectivity index (χ0n) is 33.3. The predicted octanol–water partition coefficient (Wildman–Crippen LogP) is 2.35. The number of rotatable bonds is 20. The van der Waals surface area contributed by atoms with Gasteiger partial charge < -0.3 is 42.1 Å². The molecule has 0 atom stereocenters. The van der Waals surface area contributed by atoms with Crippen LogP contribution in [0, 0.1) is 0 Å². The fourth-order valence-electron chi connectivity index (χ4n) is 5.58. The van der Waals surface area contributed by atoms with Crippen LogP contribution in [0.5, 0.6) is 0 Å². The van der Waals surface area contributed by atoms with Gasteiger partial charge in [-0.3, -0.25) is 18.2 Å². The van der Waals surface area contributed by atoms with Crippen LogP contribution in [-0.2, 0) is 40.5 Å². The van der Waals surface area contributed by atoms with Gasteiger partial charge in [0, 0.05) is 35.8 Å². The third kappa shape index (κ3) is 14.7. The van der Waals surface area contributed by atoms with Gasteiger partial charge in [0.25, 0.3) is 40.5 Å². The monoisotopic (exact) mass is 1010 g/mol.